The van der Waals surface area contributed by atoms with Crippen LogP contribution in [0.15, 0.2) is 52.9 Å². The zero-order valence-corrected chi connectivity index (χ0v) is 17.5. The Kier molecular flexibility index (Phi) is 6.82. The van der Waals surface area contributed by atoms with Gasteiger partial charge in [0.25, 0.3) is 0 Å². The van der Waals surface area contributed by atoms with E-state index in [9.17, 15) is 9.00 Å². The van der Waals surface area contributed by atoms with Gasteiger partial charge in [0.1, 0.15) is 17.3 Å². The molecule has 3 rings (SSSR count). The fourth-order valence-corrected chi connectivity index (χ4v) is 4.00. The van der Waals surface area contributed by atoms with E-state index in [1.807, 2.05) is 55.5 Å². The quantitative estimate of drug-likeness (QED) is 0.612. The highest BCUT2D eigenvalue weighted by Crippen LogP contribution is 2.25. The summed E-state index contributed by atoms with van der Waals surface area (Å²) in [5.41, 5.74) is 3.43. The van der Waals surface area contributed by atoms with Crippen molar-refractivity contribution in [2.45, 2.75) is 26.1 Å². The van der Waals surface area contributed by atoms with Gasteiger partial charge in [-0.05, 0) is 31.5 Å². The first kappa shape index (κ1) is 20.8. The first-order chi connectivity index (χ1) is 14.0. The minimum Gasteiger partial charge on any atom is -0.496 e. The van der Waals surface area contributed by atoms with Gasteiger partial charge in [-0.25, -0.2) is 4.98 Å². The highest BCUT2D eigenvalue weighted by molar-refractivity contribution is 7.84. The van der Waals surface area contributed by atoms with Crippen LogP contribution in [0.1, 0.15) is 22.6 Å². The van der Waals surface area contributed by atoms with Gasteiger partial charge in [0.15, 0.2) is 0 Å². The highest BCUT2D eigenvalue weighted by Gasteiger charge is 2.17. The van der Waals surface area contributed by atoms with E-state index in [4.69, 9.17) is 9.15 Å². The Balaban J connectivity index is 1.58. The number of hydrogen-bond acceptors (Lipinski definition) is 5. The Morgan fingerprint density at radius 2 is 1.86 bits per heavy atom. The van der Waals surface area contributed by atoms with E-state index in [2.05, 4.69) is 10.3 Å². The third-order valence-corrected chi connectivity index (χ3v) is 5.71. The SMILES string of the molecule is COc1ccccc1CNC(=O)C[S@@](=O)Cc1nc(-c2ccccc2C)oc1C. The second-order valence-electron chi connectivity index (χ2n) is 6.65. The third kappa shape index (κ3) is 5.32. The predicted molar refractivity (Wildman–Crippen MR) is 113 cm³/mol. The number of hydrogen-bond donors (Lipinski definition) is 1. The number of nitrogens with zero attached hydrogens (tertiary/aromatic N) is 1. The Morgan fingerprint density at radius 1 is 1.14 bits per heavy atom. The molecule has 0 bridgehead atoms. The van der Waals surface area contributed by atoms with Crippen LogP contribution in [0.3, 0.4) is 0 Å². The van der Waals surface area contributed by atoms with Gasteiger partial charge < -0.3 is 14.5 Å². The van der Waals surface area contributed by atoms with Gasteiger partial charge in [-0.15, -0.1) is 0 Å². The minimum absolute atomic E-state index is 0.0961. The molecule has 1 N–H and O–H groups in total. The van der Waals surface area contributed by atoms with E-state index in [1.54, 1.807) is 14.0 Å². The molecule has 0 saturated carbocycles. The summed E-state index contributed by atoms with van der Waals surface area (Å²) < 4.78 is 23.5. The number of amides is 1. The van der Waals surface area contributed by atoms with Gasteiger partial charge in [0.05, 0.1) is 18.6 Å². The number of methoxy groups -OCH3 is 1. The average Bonchev–Trinajstić information content (AvgIpc) is 3.06. The van der Waals surface area contributed by atoms with Gasteiger partial charge in [0, 0.05) is 28.5 Å². The summed E-state index contributed by atoms with van der Waals surface area (Å²) in [6, 6.07) is 15.2. The van der Waals surface area contributed by atoms with Crippen molar-refractivity contribution in [1.82, 2.24) is 10.3 Å². The number of nitrogens with one attached hydrogen (secondary N) is 1. The standard InChI is InChI=1S/C22H24N2O4S/c1-15-8-4-6-10-18(15)22-24-19(16(2)28-22)13-29(26)14-21(25)23-12-17-9-5-7-11-20(17)27-3/h4-11H,12-14H2,1-3H3,(H,23,25)/t29-/m0/s1. The monoisotopic (exact) mass is 412 g/mol. The maximum atomic E-state index is 12.5. The molecule has 0 fully saturated rings. The lowest BCUT2D eigenvalue weighted by Gasteiger charge is -2.09. The number of ether oxygens (including phenoxy) is 1. The number of oxazole rings is 1. The first-order valence-electron chi connectivity index (χ1n) is 9.23. The molecule has 1 heterocycles. The fraction of sp³-hybridized carbons (Fsp3) is 0.273. The molecular weight excluding hydrogens is 388 g/mol. The van der Waals surface area contributed by atoms with Crippen LogP contribution in [0, 0.1) is 13.8 Å². The number of benzene rings is 2. The van der Waals surface area contributed by atoms with Gasteiger partial charge in [0.2, 0.25) is 11.8 Å². The molecule has 0 radical (unpaired) electrons. The summed E-state index contributed by atoms with van der Waals surface area (Å²) in [5, 5.41) is 2.79. The van der Waals surface area contributed by atoms with E-state index in [0.29, 0.717) is 29.6 Å². The lowest BCUT2D eigenvalue weighted by atomic mass is 10.1. The van der Waals surface area contributed by atoms with Crippen LogP contribution in [-0.4, -0.2) is 28.0 Å². The number of aromatic nitrogens is 1. The molecule has 3 aromatic rings. The van der Waals surface area contributed by atoms with Gasteiger partial charge in [-0.1, -0.05) is 36.4 Å². The Labute approximate surface area is 172 Å². The smallest absolute Gasteiger partial charge is 0.232 e. The summed E-state index contributed by atoms with van der Waals surface area (Å²) in [4.78, 5) is 16.7. The van der Waals surface area contributed by atoms with E-state index in [1.165, 1.54) is 0 Å². The van der Waals surface area contributed by atoms with Crippen LogP contribution >= 0.6 is 0 Å². The summed E-state index contributed by atoms with van der Waals surface area (Å²) in [7, 11) is 0.194. The van der Waals surface area contributed by atoms with Crippen molar-refractivity contribution in [2.75, 3.05) is 12.9 Å². The lowest BCUT2D eigenvalue weighted by Crippen LogP contribution is -2.28. The normalized spacial score (nSPS) is 11.8. The molecule has 1 aromatic heterocycles. The molecule has 6 nitrogen and oxygen atoms in total. The second kappa shape index (κ2) is 9.52. The molecular formula is C22H24N2O4S. The van der Waals surface area contributed by atoms with Crippen molar-refractivity contribution in [1.29, 1.82) is 0 Å². The maximum Gasteiger partial charge on any atom is 0.232 e. The Hall–Kier alpha value is -2.93. The Morgan fingerprint density at radius 3 is 2.62 bits per heavy atom. The first-order valence-corrected chi connectivity index (χ1v) is 10.7. The molecule has 7 heteroatoms. The summed E-state index contributed by atoms with van der Waals surface area (Å²) in [6.07, 6.45) is 0. The van der Waals surface area contributed by atoms with Crippen LogP contribution in [0.5, 0.6) is 5.75 Å². The van der Waals surface area contributed by atoms with Crippen LogP contribution in [-0.2, 0) is 27.9 Å². The number of rotatable bonds is 8. The molecule has 0 unspecified atom stereocenters. The average molecular weight is 413 g/mol. The molecule has 2 aromatic carbocycles. The predicted octanol–water partition coefficient (Wildman–Crippen LogP) is 3.53. The molecule has 0 aliphatic heterocycles. The topological polar surface area (TPSA) is 81.4 Å². The summed E-state index contributed by atoms with van der Waals surface area (Å²) in [6.45, 7) is 4.10. The zero-order chi connectivity index (χ0) is 20.8. The van der Waals surface area contributed by atoms with Crippen molar-refractivity contribution in [3.05, 3.63) is 71.1 Å². The van der Waals surface area contributed by atoms with Crippen molar-refractivity contribution in [3.63, 3.8) is 0 Å². The largest absolute Gasteiger partial charge is 0.496 e. The third-order valence-electron chi connectivity index (χ3n) is 4.53. The van der Waals surface area contributed by atoms with Crippen molar-refractivity contribution >= 4 is 16.7 Å². The number of carbonyl (C=O) groups excluding carboxylic acids is 1. The van der Waals surface area contributed by atoms with E-state index in [-0.39, 0.29) is 17.4 Å². The molecule has 0 spiro atoms. The van der Waals surface area contributed by atoms with Crippen LogP contribution < -0.4 is 10.1 Å². The van der Waals surface area contributed by atoms with Gasteiger partial charge >= 0.3 is 0 Å². The van der Waals surface area contributed by atoms with Crippen molar-refractivity contribution < 1.29 is 18.2 Å². The zero-order valence-electron chi connectivity index (χ0n) is 16.7. The number of para-hydroxylation sites is 1. The number of carbonyl (C=O) groups is 1. The van der Waals surface area contributed by atoms with Gasteiger partial charge in [-0.2, -0.15) is 0 Å². The van der Waals surface area contributed by atoms with E-state index in [0.717, 1.165) is 16.7 Å². The summed E-state index contributed by atoms with van der Waals surface area (Å²) in [5.74, 6) is 1.62. The Bertz CT molecular complexity index is 1030. The van der Waals surface area contributed by atoms with Gasteiger partial charge in [-0.3, -0.25) is 9.00 Å². The van der Waals surface area contributed by atoms with E-state index >= 15 is 0 Å². The molecule has 29 heavy (non-hydrogen) atoms. The number of aryl methyl sites for hydroxylation is 2. The second-order valence-corrected chi connectivity index (χ2v) is 8.11. The van der Waals surface area contributed by atoms with Crippen LogP contribution in [0.4, 0.5) is 0 Å². The molecule has 0 saturated heterocycles. The van der Waals surface area contributed by atoms with Crippen LogP contribution in [0.25, 0.3) is 11.5 Å². The van der Waals surface area contributed by atoms with E-state index < -0.39 is 10.8 Å². The molecule has 1 amide bonds. The minimum atomic E-state index is -1.39. The van der Waals surface area contributed by atoms with Crippen LogP contribution in [0.2, 0.25) is 0 Å². The molecule has 152 valence electrons. The molecule has 1 atom stereocenters. The summed E-state index contributed by atoms with van der Waals surface area (Å²) >= 11 is 0. The fourth-order valence-electron chi connectivity index (χ4n) is 2.93. The van der Waals surface area contributed by atoms with Crippen molar-refractivity contribution in [2.24, 2.45) is 0 Å². The maximum absolute atomic E-state index is 12.5. The molecule has 0 aliphatic carbocycles. The van der Waals surface area contributed by atoms with Crippen molar-refractivity contribution in [3.8, 4) is 17.2 Å². The highest BCUT2D eigenvalue weighted by atomic mass is 32.2. The lowest BCUT2D eigenvalue weighted by molar-refractivity contribution is -0.118. The molecule has 0 aliphatic rings.